The Hall–Kier alpha value is -10.0. The number of benzene rings is 1. The quantitative estimate of drug-likeness (QED) is 0.0233. The molecule has 3 rings (SSSR count). The Labute approximate surface area is 663 Å². The number of amides is 7. The van der Waals surface area contributed by atoms with Gasteiger partial charge in [-0.1, -0.05) is 0 Å². The summed E-state index contributed by atoms with van der Waals surface area (Å²) in [6.45, 7) is -5.82. The number of Topliss-reactive ketones (excluding diaryl/α,β-unsaturated/α-hetero) is 3. The van der Waals surface area contributed by atoms with E-state index in [1.165, 1.54) is 30.5 Å². The number of nitrogens with one attached hydrogen (secondary N) is 9. The summed E-state index contributed by atoms with van der Waals surface area (Å²) in [6, 6.07) is -2.18. The zero-order chi connectivity index (χ0) is 87.4. The number of hydrogen-bond acceptors (Lipinski definition) is 36. The number of anilines is 2. The number of carbonyl (C=O) groups excluding carboxylic acids is 10. The van der Waals surface area contributed by atoms with Crippen LogP contribution in [0.5, 0.6) is 0 Å². The third kappa shape index (κ3) is 34.4. The number of thiol groups is 1. The zero-order valence-electron chi connectivity index (χ0n) is 62.1. The molecule has 0 aliphatic rings. The first-order valence-corrected chi connectivity index (χ1v) is 36.6. The first kappa shape index (κ1) is 100. The van der Waals surface area contributed by atoms with Gasteiger partial charge in [0.2, 0.25) is 41.4 Å². The minimum absolute atomic E-state index is 0.0111. The average molecular weight is 1680 g/mol. The lowest BCUT2D eigenvalue weighted by molar-refractivity contribution is -0.142. The van der Waals surface area contributed by atoms with E-state index < -0.39 is 345 Å². The van der Waals surface area contributed by atoms with Crippen LogP contribution in [0.15, 0.2) is 35.3 Å². The number of aliphatic hydroxyl groups is 15. The Bertz CT molecular complexity index is 3870. The molecule has 0 radical (unpaired) electrons. The Balaban J connectivity index is 2.05. The van der Waals surface area contributed by atoms with Crippen molar-refractivity contribution in [3.63, 3.8) is 0 Å². The van der Waals surface area contributed by atoms with Gasteiger partial charge in [0.25, 0.3) is 11.5 Å². The molecule has 19 atom stereocenters. The Morgan fingerprint density at radius 1 is 0.448 bits per heavy atom. The molecular weight excluding hydrogens is 1570 g/mol. The molecule has 47 nitrogen and oxygen atoms in total. The molecule has 0 unspecified atom stereocenters. The number of carbonyl (C=O) groups is 14. The highest BCUT2D eigenvalue weighted by Crippen LogP contribution is 2.23. The standard InChI is InChI=1S/C68H101N13O34S/c69-68-80-60-53(65(111)81-68)75-34(21-74-60)20-70-33-6-1-29(2-7-33)61(107)78-38(66(112)113)9-8-35(85)17-30(3-12-48(94)71-22-42(88)54(101)57(104)45(91)25-82)62(108)76-36(10-15-51(97)98)40(86)18-31(4-13-49(95)72-23-43(89)55(102)58(105)46(92)26-83)63(109)77-37(11-16-52(99)100)41(87)19-32(64(110)79-39(28-116)67(114)115)5-14-50(96)73-24-44(90)56(103)59(106)47(93)27-84/h1-2,6-7,21,30-32,36-39,42-47,54-59,70,82-84,88-93,101-106,116H,3-5,8-20,22-28H2,(H,71,94)(H,72,95)(H,73,96)(H,76,108)(H,77,109)(H,78,107)(H,79,110)(H,97,98)(H,99,100)(H,112,113)(H,114,115)(H3,69,74,80,81,111)/t30-,31-,32-,36-,37-,38-,39+,42+,43+,44+,45-,46-,47-,54-,55-,56-,57-,58-,59-/m1/s1. The maximum atomic E-state index is 14.8. The van der Waals surface area contributed by atoms with Gasteiger partial charge >= 0.3 is 23.9 Å². The van der Waals surface area contributed by atoms with Crippen LogP contribution < -0.4 is 53.8 Å². The molecule has 30 N–H and O–H groups in total. The van der Waals surface area contributed by atoms with Gasteiger partial charge in [0, 0.05) is 112 Å². The van der Waals surface area contributed by atoms with Crippen molar-refractivity contribution < 1.29 is 164 Å². The van der Waals surface area contributed by atoms with Gasteiger partial charge in [0.1, 0.15) is 72.8 Å². The van der Waals surface area contributed by atoms with Crippen molar-refractivity contribution in [1.29, 1.82) is 0 Å². The minimum atomic E-state index is -2.22. The maximum absolute atomic E-state index is 14.8. The number of H-pyrrole nitrogens is 1. The van der Waals surface area contributed by atoms with Crippen LogP contribution in [0.2, 0.25) is 0 Å². The molecule has 0 fully saturated rings. The van der Waals surface area contributed by atoms with Crippen molar-refractivity contribution >= 4 is 118 Å². The van der Waals surface area contributed by atoms with Crippen LogP contribution in [0.25, 0.3) is 11.2 Å². The van der Waals surface area contributed by atoms with Gasteiger partial charge in [0.05, 0.1) is 68.7 Å². The lowest BCUT2D eigenvalue weighted by Gasteiger charge is -2.26. The van der Waals surface area contributed by atoms with Gasteiger partial charge in [-0.15, -0.1) is 0 Å². The molecule has 0 aliphatic heterocycles. The summed E-state index contributed by atoms with van der Waals surface area (Å²) in [6.07, 6.45) is -36.5. The van der Waals surface area contributed by atoms with E-state index in [0.717, 1.165) is 0 Å². The fourth-order valence-electron chi connectivity index (χ4n) is 11.0. The smallest absolute Gasteiger partial charge is 0.327 e. The number of fused-ring (bicyclic) bond motifs is 1. The molecule has 2 aromatic heterocycles. The molecule has 2 heterocycles. The van der Waals surface area contributed by atoms with Crippen molar-refractivity contribution in [3.8, 4) is 0 Å². The van der Waals surface area contributed by atoms with Gasteiger partial charge in [-0.2, -0.15) is 17.6 Å². The highest BCUT2D eigenvalue weighted by molar-refractivity contribution is 7.80. The topological polar surface area (TPSA) is 817 Å². The van der Waals surface area contributed by atoms with E-state index in [1.54, 1.807) is 0 Å². The lowest BCUT2D eigenvalue weighted by atomic mass is 9.89. The second-order valence-corrected chi connectivity index (χ2v) is 27.4. The highest BCUT2D eigenvalue weighted by Gasteiger charge is 2.38. The fourth-order valence-corrected chi connectivity index (χ4v) is 11.3. The third-order valence-corrected chi connectivity index (χ3v) is 18.4. The van der Waals surface area contributed by atoms with E-state index in [-0.39, 0.29) is 29.2 Å². The number of carboxylic acid groups (broad SMARTS) is 4. The van der Waals surface area contributed by atoms with Crippen molar-refractivity contribution in [1.82, 2.24) is 57.2 Å². The second kappa shape index (κ2) is 50.5. The molecule has 648 valence electrons. The first-order valence-electron chi connectivity index (χ1n) is 36.0. The Kier molecular flexibility index (Phi) is 43.6. The van der Waals surface area contributed by atoms with Crippen LogP contribution in [-0.2, 0) is 68.9 Å². The molecule has 48 heteroatoms. The fraction of sp³-hybridized carbons (Fsp3) is 0.618. The molecule has 0 saturated carbocycles. The van der Waals surface area contributed by atoms with Crippen LogP contribution >= 0.6 is 12.6 Å². The number of carboxylic acids is 4. The maximum Gasteiger partial charge on any atom is 0.327 e. The van der Waals surface area contributed by atoms with Crippen molar-refractivity contribution in [2.75, 3.05) is 56.3 Å². The summed E-state index contributed by atoms with van der Waals surface area (Å²) in [4.78, 5) is 215. The summed E-state index contributed by atoms with van der Waals surface area (Å²) in [5, 5.41) is 207. The molecule has 1 aromatic carbocycles. The number of aromatic nitrogens is 4. The molecule has 7 amide bonds. The van der Waals surface area contributed by atoms with Gasteiger partial charge in [-0.25, -0.2) is 19.6 Å². The molecule has 0 aliphatic carbocycles. The molecule has 0 bridgehead atoms. The molecule has 116 heavy (non-hydrogen) atoms. The van der Waals surface area contributed by atoms with Gasteiger partial charge in [-0.05, 0) is 62.8 Å². The number of nitrogens with two attached hydrogens (primary N) is 1. The van der Waals surface area contributed by atoms with E-state index in [4.69, 9.17) is 10.8 Å². The Morgan fingerprint density at radius 3 is 1.19 bits per heavy atom. The number of ketones is 3. The molecule has 0 saturated heterocycles. The largest absolute Gasteiger partial charge is 0.481 e. The Morgan fingerprint density at radius 2 is 0.819 bits per heavy atom. The number of hydrogen-bond donors (Lipinski definition) is 30. The lowest BCUT2D eigenvalue weighted by Crippen LogP contribution is -2.50. The van der Waals surface area contributed by atoms with Crippen molar-refractivity contribution in [3.05, 3.63) is 52.1 Å². The predicted molar refractivity (Wildman–Crippen MR) is 395 cm³/mol. The summed E-state index contributed by atoms with van der Waals surface area (Å²) in [5.41, 5.74) is 5.43. The third-order valence-electron chi connectivity index (χ3n) is 18.1. The summed E-state index contributed by atoms with van der Waals surface area (Å²) >= 11 is 3.90. The van der Waals surface area contributed by atoms with Crippen LogP contribution in [-0.4, -0.2) is 342 Å². The van der Waals surface area contributed by atoms with E-state index in [2.05, 4.69) is 75.1 Å². The zero-order valence-corrected chi connectivity index (χ0v) is 63.0. The van der Waals surface area contributed by atoms with Gasteiger partial charge < -0.3 is 145 Å². The first-order chi connectivity index (χ1) is 54.5. The normalized spacial score (nSPS) is 16.4. The van der Waals surface area contributed by atoms with Crippen LogP contribution in [0.3, 0.4) is 0 Å². The van der Waals surface area contributed by atoms with Crippen molar-refractivity contribution in [2.45, 2.75) is 200 Å². The monoisotopic (exact) mass is 1680 g/mol. The summed E-state index contributed by atoms with van der Waals surface area (Å²) in [7, 11) is 0. The SMILES string of the molecule is Nc1nc2ncc(CNc3ccc(C(=O)N[C@H](CCC(=O)C[C@@H](CCC(=O)NC[C@H](O)[C@@H](O)[C@H](O)[C@H](O)CO)C(=O)N[C@H](CCC(=O)O)C(=O)C[C@@H](CCC(=O)NC[C@H](O)[C@@H](O)[C@H](O)[C@H](O)CO)C(=O)N[C@H](CCC(=O)O)C(=O)C[C@@H](CCC(=O)NC[C@H](O)[C@@H](O)[C@H](O)[C@H](O)CO)C(=O)N[C@@H](CS)C(=O)O)C(=O)O)cc3)nc2c(=O)[nH]1. The molecular formula is C68H101N13O34S. The molecule has 0 spiro atoms. The number of aromatic amines is 1. The van der Waals surface area contributed by atoms with Crippen LogP contribution in [0.1, 0.15) is 112 Å². The van der Waals surface area contributed by atoms with E-state index in [1.807, 2.05) is 0 Å². The number of rotatable bonds is 58. The minimum Gasteiger partial charge on any atom is -0.481 e. The van der Waals surface area contributed by atoms with E-state index in [9.17, 15) is 164 Å². The van der Waals surface area contributed by atoms with E-state index in [0.29, 0.717) is 11.4 Å². The highest BCUT2D eigenvalue weighted by atomic mass is 32.1. The molecule has 3 aromatic rings. The summed E-state index contributed by atoms with van der Waals surface area (Å²) in [5.74, 6) is -24.3. The number of nitrogens with zero attached hydrogens (tertiary/aromatic N) is 3. The van der Waals surface area contributed by atoms with Crippen LogP contribution in [0.4, 0.5) is 11.6 Å². The number of aliphatic carboxylic acids is 4. The number of nitrogen functional groups attached to an aromatic ring is 1. The average Bonchev–Trinajstić information content (AvgIpc) is 0.810. The predicted octanol–water partition coefficient (Wildman–Crippen LogP) is -11.2. The van der Waals surface area contributed by atoms with Crippen LogP contribution in [0, 0.1) is 17.8 Å². The number of aliphatic hydroxyl groups excluding tert-OH is 15. The van der Waals surface area contributed by atoms with Gasteiger partial charge in [-0.3, -0.25) is 67.3 Å². The second-order valence-electron chi connectivity index (χ2n) is 27.0. The van der Waals surface area contributed by atoms with Gasteiger partial charge in [0.15, 0.2) is 22.7 Å². The summed E-state index contributed by atoms with van der Waals surface area (Å²) < 4.78 is 0. The van der Waals surface area contributed by atoms with E-state index >= 15 is 0 Å². The van der Waals surface area contributed by atoms with Crippen molar-refractivity contribution in [2.24, 2.45) is 17.8 Å².